The molecule has 0 saturated carbocycles. The molecular weight excluding hydrogens is 521 g/mol. The summed E-state index contributed by atoms with van der Waals surface area (Å²) in [6.45, 7) is 6.69. The summed E-state index contributed by atoms with van der Waals surface area (Å²) in [5.74, 6) is 1.03. The highest BCUT2D eigenvalue weighted by molar-refractivity contribution is 7.99. The monoisotopic (exact) mass is 549 g/mol. The number of benzene rings is 2. The highest BCUT2D eigenvalue weighted by atomic mass is 35.5. The number of hydrogen-bond donors (Lipinski definition) is 2. The summed E-state index contributed by atoms with van der Waals surface area (Å²) in [5.41, 5.74) is 0.894. The minimum Gasteiger partial charge on any atom is -0.495 e. The number of thioether (sulfide) groups is 1. The lowest BCUT2D eigenvalue weighted by molar-refractivity contribution is -0.113. The van der Waals surface area contributed by atoms with Gasteiger partial charge in [-0.1, -0.05) is 60.9 Å². The van der Waals surface area contributed by atoms with Crippen molar-refractivity contribution >= 4 is 52.5 Å². The van der Waals surface area contributed by atoms with Gasteiger partial charge in [-0.05, 0) is 49.6 Å². The van der Waals surface area contributed by atoms with Crippen molar-refractivity contribution in [1.29, 1.82) is 0 Å². The summed E-state index contributed by atoms with van der Waals surface area (Å²) in [5, 5.41) is 16.0. The molecule has 192 valence electrons. The standard InChI is InChI=1S/C25H29Cl2N5O3S/c1-5-32-23(20(12-15(2)3)29-24(34)17-8-6-7-9-18(17)27)30-31-25(32)36-14-22(33)28-19-13-16(26)10-11-21(19)35-4/h6-11,13,15,20H,5,12,14H2,1-4H3,(H,28,33)(H,29,34)/t20-/m0/s1. The van der Waals surface area contributed by atoms with Gasteiger partial charge in [-0.15, -0.1) is 10.2 Å². The first-order valence-corrected chi connectivity index (χ1v) is 13.2. The quantitative estimate of drug-likeness (QED) is 0.290. The zero-order valence-electron chi connectivity index (χ0n) is 20.5. The van der Waals surface area contributed by atoms with Gasteiger partial charge in [0, 0.05) is 11.6 Å². The molecule has 0 unspecified atom stereocenters. The normalized spacial score (nSPS) is 11.9. The number of carbonyl (C=O) groups is 2. The third-order valence-corrected chi connectivity index (χ3v) is 6.80. The van der Waals surface area contributed by atoms with Gasteiger partial charge < -0.3 is 19.9 Å². The SMILES string of the molecule is CCn1c(SCC(=O)Nc2cc(Cl)ccc2OC)nnc1[C@H](CC(C)C)NC(=O)c1ccccc1Cl. The molecule has 0 spiro atoms. The van der Waals surface area contributed by atoms with Crippen molar-refractivity contribution in [3.05, 3.63) is 63.9 Å². The number of ether oxygens (including phenoxy) is 1. The predicted molar refractivity (Wildman–Crippen MR) is 144 cm³/mol. The number of halogens is 2. The van der Waals surface area contributed by atoms with E-state index in [4.69, 9.17) is 27.9 Å². The summed E-state index contributed by atoms with van der Waals surface area (Å²) in [7, 11) is 1.52. The molecule has 0 fully saturated rings. The number of rotatable bonds is 11. The lowest BCUT2D eigenvalue weighted by Gasteiger charge is -2.21. The Bertz CT molecular complexity index is 1220. The van der Waals surface area contributed by atoms with Crippen LogP contribution < -0.4 is 15.4 Å². The highest BCUT2D eigenvalue weighted by Crippen LogP contribution is 2.29. The van der Waals surface area contributed by atoms with Crippen molar-refractivity contribution in [2.75, 3.05) is 18.2 Å². The van der Waals surface area contributed by atoms with Gasteiger partial charge in [-0.25, -0.2) is 0 Å². The molecule has 0 aliphatic rings. The van der Waals surface area contributed by atoms with Crippen LogP contribution in [0.5, 0.6) is 5.75 Å². The Kier molecular flexibility index (Phi) is 10.0. The summed E-state index contributed by atoms with van der Waals surface area (Å²) in [6.07, 6.45) is 0.661. The number of amides is 2. The van der Waals surface area contributed by atoms with Gasteiger partial charge in [0.2, 0.25) is 5.91 Å². The first kappa shape index (κ1) is 27.8. The first-order chi connectivity index (χ1) is 17.2. The van der Waals surface area contributed by atoms with E-state index < -0.39 is 0 Å². The van der Waals surface area contributed by atoms with Crippen LogP contribution in [0.25, 0.3) is 0 Å². The number of hydrogen-bond acceptors (Lipinski definition) is 6. The Balaban J connectivity index is 1.75. The third kappa shape index (κ3) is 7.15. The molecule has 11 heteroatoms. The highest BCUT2D eigenvalue weighted by Gasteiger charge is 2.25. The minimum atomic E-state index is -0.375. The molecule has 1 atom stereocenters. The molecule has 1 aromatic heterocycles. The fourth-order valence-corrected chi connectivity index (χ4v) is 4.84. The van der Waals surface area contributed by atoms with Gasteiger partial charge >= 0.3 is 0 Å². The van der Waals surface area contributed by atoms with Crippen molar-refractivity contribution in [3.8, 4) is 5.75 Å². The van der Waals surface area contributed by atoms with Crippen LogP contribution in [-0.2, 0) is 11.3 Å². The van der Waals surface area contributed by atoms with E-state index >= 15 is 0 Å². The van der Waals surface area contributed by atoms with Crippen LogP contribution in [0.4, 0.5) is 5.69 Å². The number of anilines is 1. The molecule has 1 heterocycles. The van der Waals surface area contributed by atoms with Crippen molar-refractivity contribution in [2.24, 2.45) is 5.92 Å². The van der Waals surface area contributed by atoms with E-state index in [0.29, 0.717) is 51.0 Å². The molecule has 8 nitrogen and oxygen atoms in total. The maximum Gasteiger partial charge on any atom is 0.253 e. The number of methoxy groups -OCH3 is 1. The van der Waals surface area contributed by atoms with E-state index in [1.165, 1.54) is 18.9 Å². The van der Waals surface area contributed by atoms with Crippen LogP contribution in [0.2, 0.25) is 10.0 Å². The second-order valence-corrected chi connectivity index (χ2v) is 10.2. The Hall–Kier alpha value is -2.75. The fraction of sp³-hybridized carbons (Fsp3) is 0.360. The Morgan fingerprint density at radius 1 is 1.14 bits per heavy atom. The maximum atomic E-state index is 13.0. The third-order valence-electron chi connectivity index (χ3n) is 5.27. The number of nitrogens with one attached hydrogen (secondary N) is 2. The van der Waals surface area contributed by atoms with Crippen molar-refractivity contribution in [3.63, 3.8) is 0 Å². The molecule has 2 amide bonds. The average Bonchev–Trinajstić information content (AvgIpc) is 3.25. The van der Waals surface area contributed by atoms with E-state index in [1.54, 1.807) is 42.5 Å². The molecule has 3 rings (SSSR count). The smallest absolute Gasteiger partial charge is 0.253 e. The van der Waals surface area contributed by atoms with Gasteiger partial charge in [0.1, 0.15) is 5.75 Å². The Labute approximate surface area is 225 Å². The Morgan fingerprint density at radius 2 is 1.89 bits per heavy atom. The molecular formula is C25H29Cl2N5O3S. The molecule has 0 saturated heterocycles. The van der Waals surface area contributed by atoms with Crippen LogP contribution in [0, 0.1) is 5.92 Å². The lowest BCUT2D eigenvalue weighted by Crippen LogP contribution is -2.31. The molecule has 3 aromatic rings. The van der Waals surface area contributed by atoms with Gasteiger partial charge in [0.25, 0.3) is 5.91 Å². The Morgan fingerprint density at radius 3 is 2.56 bits per heavy atom. The fourth-order valence-electron chi connectivity index (χ4n) is 3.64. The summed E-state index contributed by atoms with van der Waals surface area (Å²) >= 11 is 13.5. The van der Waals surface area contributed by atoms with E-state index in [-0.39, 0.29) is 29.5 Å². The van der Waals surface area contributed by atoms with Crippen molar-refractivity contribution in [2.45, 2.75) is 44.9 Å². The van der Waals surface area contributed by atoms with Gasteiger partial charge in [-0.2, -0.15) is 0 Å². The van der Waals surface area contributed by atoms with Crippen LogP contribution in [-0.4, -0.2) is 39.4 Å². The van der Waals surface area contributed by atoms with Gasteiger partial charge in [0.15, 0.2) is 11.0 Å². The molecule has 2 aromatic carbocycles. The minimum absolute atomic E-state index is 0.106. The van der Waals surface area contributed by atoms with E-state index in [0.717, 1.165) is 0 Å². The maximum absolute atomic E-state index is 13.0. The van der Waals surface area contributed by atoms with Crippen molar-refractivity contribution < 1.29 is 14.3 Å². The van der Waals surface area contributed by atoms with E-state index in [1.807, 2.05) is 11.5 Å². The second kappa shape index (κ2) is 13.0. The first-order valence-electron chi connectivity index (χ1n) is 11.5. The molecule has 0 aliphatic heterocycles. The second-order valence-electron chi connectivity index (χ2n) is 8.40. The van der Waals surface area contributed by atoms with Crippen LogP contribution in [0.1, 0.15) is 49.4 Å². The van der Waals surface area contributed by atoms with E-state index in [9.17, 15) is 9.59 Å². The molecule has 0 aliphatic carbocycles. The van der Waals surface area contributed by atoms with Gasteiger partial charge in [-0.3, -0.25) is 9.59 Å². The molecule has 36 heavy (non-hydrogen) atoms. The van der Waals surface area contributed by atoms with Crippen LogP contribution in [0.15, 0.2) is 47.6 Å². The largest absolute Gasteiger partial charge is 0.495 e. The molecule has 0 radical (unpaired) electrons. The summed E-state index contributed by atoms with van der Waals surface area (Å²) in [6, 6.07) is 11.6. The zero-order valence-corrected chi connectivity index (χ0v) is 22.9. The van der Waals surface area contributed by atoms with Crippen molar-refractivity contribution in [1.82, 2.24) is 20.1 Å². The summed E-state index contributed by atoms with van der Waals surface area (Å²) in [4.78, 5) is 25.6. The van der Waals surface area contributed by atoms with Gasteiger partial charge in [0.05, 0.1) is 35.2 Å². The molecule has 0 bridgehead atoms. The van der Waals surface area contributed by atoms with Crippen LogP contribution in [0.3, 0.4) is 0 Å². The van der Waals surface area contributed by atoms with Crippen LogP contribution >= 0.6 is 35.0 Å². The average molecular weight is 551 g/mol. The number of carbonyl (C=O) groups excluding carboxylic acids is 2. The number of aromatic nitrogens is 3. The topological polar surface area (TPSA) is 98.1 Å². The van der Waals surface area contributed by atoms with E-state index in [2.05, 4.69) is 34.7 Å². The zero-order chi connectivity index (χ0) is 26.2. The molecule has 2 N–H and O–H groups in total. The lowest BCUT2D eigenvalue weighted by atomic mass is 10.0. The number of nitrogens with zero attached hydrogens (tertiary/aromatic N) is 3. The summed E-state index contributed by atoms with van der Waals surface area (Å²) < 4.78 is 7.20. The predicted octanol–water partition coefficient (Wildman–Crippen LogP) is 5.86.